The molecule has 7 heteroatoms. The molecule has 1 N–H and O–H groups in total. The molecule has 0 unspecified atom stereocenters. The number of carbonyl (C=O) groups excluding carboxylic acids is 3. The number of esters is 1. The molecule has 1 heterocycles. The van der Waals surface area contributed by atoms with Crippen molar-refractivity contribution in [1.29, 1.82) is 0 Å². The number of rotatable bonds is 8. The topological polar surface area (TPSA) is 84.9 Å². The second-order valence-electron chi connectivity index (χ2n) is 6.52. The van der Waals surface area contributed by atoms with Crippen LogP contribution in [0, 0.1) is 0 Å². The highest BCUT2D eigenvalue weighted by molar-refractivity contribution is 5.86. The molecule has 0 saturated carbocycles. The van der Waals surface area contributed by atoms with E-state index in [2.05, 4.69) is 5.32 Å². The molecule has 2 rings (SSSR count). The van der Waals surface area contributed by atoms with Crippen molar-refractivity contribution in [2.24, 2.45) is 0 Å². The normalized spacial score (nSPS) is 13.6. The summed E-state index contributed by atoms with van der Waals surface area (Å²) in [4.78, 5) is 37.1. The molecule has 1 fully saturated rings. The van der Waals surface area contributed by atoms with Crippen LogP contribution in [0.3, 0.4) is 0 Å². The van der Waals surface area contributed by atoms with Gasteiger partial charge >= 0.3 is 5.97 Å². The number of ether oxygens (including phenoxy) is 2. The Morgan fingerprint density at radius 3 is 2.62 bits per heavy atom. The van der Waals surface area contributed by atoms with Crippen LogP contribution in [0.5, 0.6) is 5.75 Å². The molecule has 1 aromatic carbocycles. The van der Waals surface area contributed by atoms with Gasteiger partial charge in [0.05, 0.1) is 19.1 Å². The van der Waals surface area contributed by atoms with Gasteiger partial charge in [-0.1, -0.05) is 12.1 Å². The third kappa shape index (κ3) is 6.74. The second-order valence-corrected chi connectivity index (χ2v) is 6.52. The Hall–Kier alpha value is -2.57. The van der Waals surface area contributed by atoms with E-state index in [0.717, 1.165) is 31.5 Å². The largest absolute Gasteiger partial charge is 0.491 e. The number of benzene rings is 1. The first-order valence-electron chi connectivity index (χ1n) is 8.89. The fraction of sp³-hybridized carbons (Fsp3) is 0.526. The van der Waals surface area contributed by atoms with Crippen LogP contribution in [0.15, 0.2) is 24.3 Å². The zero-order valence-corrected chi connectivity index (χ0v) is 15.3. The number of likely N-dealkylation sites (tertiary alicyclic amines) is 1. The molecular weight excluding hydrogens is 336 g/mol. The van der Waals surface area contributed by atoms with Crippen LogP contribution in [-0.2, 0) is 25.5 Å². The van der Waals surface area contributed by atoms with E-state index in [1.165, 1.54) is 0 Å². The highest BCUT2D eigenvalue weighted by Gasteiger charge is 2.18. The Kier molecular flexibility index (Phi) is 7.44. The van der Waals surface area contributed by atoms with Crippen LogP contribution in [0.4, 0.5) is 0 Å². The van der Waals surface area contributed by atoms with Crippen molar-refractivity contribution in [3.8, 4) is 5.75 Å². The van der Waals surface area contributed by atoms with Gasteiger partial charge in [0, 0.05) is 13.1 Å². The van der Waals surface area contributed by atoms with Crippen molar-refractivity contribution in [2.45, 2.75) is 39.2 Å². The molecule has 1 aliphatic heterocycles. The first-order valence-corrected chi connectivity index (χ1v) is 8.89. The summed E-state index contributed by atoms with van der Waals surface area (Å²) in [5.41, 5.74) is 0.748. The average Bonchev–Trinajstić information content (AvgIpc) is 3.12. The summed E-state index contributed by atoms with van der Waals surface area (Å²) in [6, 6.07) is 7.19. The van der Waals surface area contributed by atoms with Crippen LogP contribution in [0.2, 0.25) is 0 Å². The predicted molar refractivity (Wildman–Crippen MR) is 95.7 cm³/mol. The predicted octanol–water partition coefficient (Wildman–Crippen LogP) is 1.30. The third-order valence-electron chi connectivity index (χ3n) is 3.88. The van der Waals surface area contributed by atoms with Gasteiger partial charge in [0.2, 0.25) is 5.91 Å². The SMILES string of the molecule is CC(C)Oc1cccc(CC(=O)OCC(=O)NCC(=O)N2CCCC2)c1. The molecule has 0 aromatic heterocycles. The number of carbonyl (C=O) groups is 3. The van der Waals surface area contributed by atoms with Crippen LogP contribution < -0.4 is 10.1 Å². The Morgan fingerprint density at radius 2 is 1.92 bits per heavy atom. The zero-order chi connectivity index (χ0) is 18.9. The maximum atomic E-state index is 11.9. The lowest BCUT2D eigenvalue weighted by Gasteiger charge is -2.15. The third-order valence-corrected chi connectivity index (χ3v) is 3.88. The fourth-order valence-electron chi connectivity index (χ4n) is 2.67. The molecule has 142 valence electrons. The lowest BCUT2D eigenvalue weighted by molar-refractivity contribution is -0.148. The summed E-state index contributed by atoms with van der Waals surface area (Å²) in [7, 11) is 0. The van der Waals surface area contributed by atoms with Crippen molar-refractivity contribution >= 4 is 17.8 Å². The molecule has 1 aliphatic rings. The van der Waals surface area contributed by atoms with E-state index in [1.54, 1.807) is 23.1 Å². The summed E-state index contributed by atoms with van der Waals surface area (Å²) in [6.45, 7) is 4.87. The molecule has 0 bridgehead atoms. The molecule has 0 atom stereocenters. The highest BCUT2D eigenvalue weighted by Crippen LogP contribution is 2.15. The lowest BCUT2D eigenvalue weighted by Crippen LogP contribution is -2.40. The van der Waals surface area contributed by atoms with Crippen molar-refractivity contribution in [1.82, 2.24) is 10.2 Å². The van der Waals surface area contributed by atoms with Crippen molar-refractivity contribution in [3.63, 3.8) is 0 Å². The van der Waals surface area contributed by atoms with Gasteiger partial charge in [0.1, 0.15) is 5.75 Å². The molecule has 26 heavy (non-hydrogen) atoms. The Balaban J connectivity index is 1.69. The van der Waals surface area contributed by atoms with Crippen LogP contribution in [0.25, 0.3) is 0 Å². The Bertz CT molecular complexity index is 639. The number of hydrogen-bond donors (Lipinski definition) is 1. The van der Waals surface area contributed by atoms with E-state index in [9.17, 15) is 14.4 Å². The van der Waals surface area contributed by atoms with Gasteiger partial charge in [-0.3, -0.25) is 14.4 Å². The molecule has 0 spiro atoms. The monoisotopic (exact) mass is 362 g/mol. The molecule has 1 aromatic rings. The standard InChI is InChI=1S/C19H26N2O5/c1-14(2)26-16-7-5-6-15(10-16)11-19(24)25-13-17(22)20-12-18(23)21-8-3-4-9-21/h5-7,10,14H,3-4,8-9,11-13H2,1-2H3,(H,20,22). The highest BCUT2D eigenvalue weighted by atomic mass is 16.5. The smallest absolute Gasteiger partial charge is 0.310 e. The Morgan fingerprint density at radius 1 is 1.19 bits per heavy atom. The maximum Gasteiger partial charge on any atom is 0.310 e. The van der Waals surface area contributed by atoms with E-state index in [4.69, 9.17) is 9.47 Å². The van der Waals surface area contributed by atoms with Crippen LogP contribution >= 0.6 is 0 Å². The van der Waals surface area contributed by atoms with Gasteiger partial charge in [-0.25, -0.2) is 0 Å². The minimum absolute atomic E-state index is 0.0455. The van der Waals surface area contributed by atoms with Gasteiger partial charge in [-0.15, -0.1) is 0 Å². The summed E-state index contributed by atoms with van der Waals surface area (Å²) in [5.74, 6) is -0.414. The zero-order valence-electron chi connectivity index (χ0n) is 15.3. The summed E-state index contributed by atoms with van der Waals surface area (Å²) in [5, 5.41) is 2.48. The average molecular weight is 362 g/mol. The first-order chi connectivity index (χ1) is 12.4. The minimum Gasteiger partial charge on any atom is -0.491 e. The van der Waals surface area contributed by atoms with E-state index < -0.39 is 18.5 Å². The summed E-state index contributed by atoms with van der Waals surface area (Å²) >= 11 is 0. The quantitative estimate of drug-likeness (QED) is 0.705. The second kappa shape index (κ2) is 9.79. The van der Waals surface area contributed by atoms with Gasteiger partial charge in [-0.2, -0.15) is 0 Å². The summed E-state index contributed by atoms with van der Waals surface area (Å²) in [6.07, 6.45) is 2.10. The number of hydrogen-bond acceptors (Lipinski definition) is 5. The maximum absolute atomic E-state index is 11.9. The molecule has 2 amide bonds. The molecule has 7 nitrogen and oxygen atoms in total. The van der Waals surface area contributed by atoms with Crippen molar-refractivity contribution in [2.75, 3.05) is 26.2 Å². The van der Waals surface area contributed by atoms with Gasteiger partial charge in [-0.05, 0) is 44.4 Å². The minimum atomic E-state index is -0.507. The summed E-state index contributed by atoms with van der Waals surface area (Å²) < 4.78 is 10.5. The Labute approximate surface area is 153 Å². The van der Waals surface area contributed by atoms with E-state index >= 15 is 0 Å². The lowest BCUT2D eigenvalue weighted by atomic mass is 10.1. The van der Waals surface area contributed by atoms with Crippen molar-refractivity contribution in [3.05, 3.63) is 29.8 Å². The fourth-order valence-corrected chi connectivity index (χ4v) is 2.67. The van der Waals surface area contributed by atoms with Gasteiger partial charge in [0.25, 0.3) is 5.91 Å². The van der Waals surface area contributed by atoms with E-state index in [0.29, 0.717) is 5.75 Å². The molecular formula is C19H26N2O5. The van der Waals surface area contributed by atoms with Gasteiger partial charge in [0.15, 0.2) is 6.61 Å². The van der Waals surface area contributed by atoms with Gasteiger partial charge < -0.3 is 19.7 Å². The number of nitrogens with one attached hydrogen (secondary N) is 1. The van der Waals surface area contributed by atoms with Crippen molar-refractivity contribution < 1.29 is 23.9 Å². The van der Waals surface area contributed by atoms with E-state index in [-0.39, 0.29) is 25.0 Å². The van der Waals surface area contributed by atoms with Crippen LogP contribution in [0.1, 0.15) is 32.3 Å². The molecule has 0 radical (unpaired) electrons. The molecule has 0 aliphatic carbocycles. The van der Waals surface area contributed by atoms with E-state index in [1.807, 2.05) is 19.9 Å². The number of amides is 2. The molecule has 1 saturated heterocycles. The first kappa shape index (κ1) is 19.8. The van der Waals surface area contributed by atoms with Crippen LogP contribution in [-0.4, -0.2) is 55.0 Å². The number of nitrogens with zero attached hydrogens (tertiary/aromatic N) is 1.